The van der Waals surface area contributed by atoms with E-state index in [1.807, 2.05) is 6.92 Å². The number of sulfonamides is 1. The Bertz CT molecular complexity index is 554. The van der Waals surface area contributed by atoms with Crippen LogP contribution in [-0.2, 0) is 14.8 Å². The van der Waals surface area contributed by atoms with Crippen molar-refractivity contribution in [3.8, 4) is 0 Å². The number of hydrogen-bond donors (Lipinski definition) is 2. The summed E-state index contributed by atoms with van der Waals surface area (Å²) < 4.78 is 66.6. The first-order chi connectivity index (χ1) is 11.7. The van der Waals surface area contributed by atoms with Gasteiger partial charge in [-0.2, -0.15) is 17.5 Å². The van der Waals surface area contributed by atoms with E-state index in [0.29, 0.717) is 36.2 Å². The monoisotopic (exact) mass is 386 g/mol. The van der Waals surface area contributed by atoms with E-state index >= 15 is 0 Å². The van der Waals surface area contributed by atoms with Crippen molar-refractivity contribution in [2.24, 2.45) is 4.99 Å². The molecule has 0 aromatic heterocycles. The Morgan fingerprint density at radius 3 is 2.48 bits per heavy atom. The fourth-order valence-electron chi connectivity index (χ4n) is 2.88. The van der Waals surface area contributed by atoms with Gasteiger partial charge in [-0.1, -0.05) is 0 Å². The molecule has 7 nitrogen and oxygen atoms in total. The molecule has 0 radical (unpaired) electrons. The highest BCUT2D eigenvalue weighted by Crippen LogP contribution is 2.28. The van der Waals surface area contributed by atoms with Gasteiger partial charge in [-0.15, -0.1) is 0 Å². The number of rotatable bonds is 5. The molecule has 1 atom stereocenters. The van der Waals surface area contributed by atoms with Crippen LogP contribution in [0.3, 0.4) is 0 Å². The summed E-state index contributed by atoms with van der Waals surface area (Å²) in [6.45, 7) is 3.52. The van der Waals surface area contributed by atoms with Crippen molar-refractivity contribution < 1.29 is 26.3 Å². The largest absolute Gasteiger partial charge is 0.511 e. The van der Waals surface area contributed by atoms with Crippen LogP contribution in [0.25, 0.3) is 0 Å². The Kier molecular flexibility index (Phi) is 6.92. The van der Waals surface area contributed by atoms with Crippen LogP contribution in [0.2, 0.25) is 0 Å². The van der Waals surface area contributed by atoms with Gasteiger partial charge in [-0.3, -0.25) is 4.99 Å². The highest BCUT2D eigenvalue weighted by atomic mass is 32.2. The molecule has 0 saturated carbocycles. The molecule has 2 aliphatic rings. The lowest BCUT2D eigenvalue weighted by Gasteiger charge is -2.32. The summed E-state index contributed by atoms with van der Waals surface area (Å²) in [5.74, 6) is 0.579. The van der Waals surface area contributed by atoms with Gasteiger partial charge in [0.15, 0.2) is 5.96 Å². The van der Waals surface area contributed by atoms with Crippen LogP contribution in [0, 0.1) is 0 Å². The van der Waals surface area contributed by atoms with Crippen molar-refractivity contribution in [3.63, 3.8) is 0 Å². The van der Waals surface area contributed by atoms with Crippen LogP contribution in [0.1, 0.15) is 32.6 Å². The topological polar surface area (TPSA) is 83.0 Å². The van der Waals surface area contributed by atoms with Crippen LogP contribution >= 0.6 is 0 Å². The molecule has 11 heteroatoms. The first-order valence-corrected chi connectivity index (χ1v) is 9.91. The van der Waals surface area contributed by atoms with E-state index in [1.165, 1.54) is 0 Å². The third-order valence-corrected chi connectivity index (χ3v) is 5.88. The summed E-state index contributed by atoms with van der Waals surface area (Å²) in [5.41, 5.74) is -5.25. The van der Waals surface area contributed by atoms with Crippen LogP contribution in [-0.4, -0.2) is 69.1 Å². The molecule has 0 spiro atoms. The Labute approximate surface area is 146 Å². The zero-order valence-electron chi connectivity index (χ0n) is 14.2. The van der Waals surface area contributed by atoms with Gasteiger partial charge in [0.25, 0.3) is 0 Å². The Morgan fingerprint density at radius 1 is 1.28 bits per heavy atom. The van der Waals surface area contributed by atoms with E-state index in [1.54, 1.807) is 0 Å². The summed E-state index contributed by atoms with van der Waals surface area (Å²) in [6.07, 6.45) is 2.68. The smallest absolute Gasteiger partial charge is 0.376 e. The van der Waals surface area contributed by atoms with Crippen molar-refractivity contribution in [1.29, 1.82) is 0 Å². The second-order valence-electron chi connectivity index (χ2n) is 6.12. The molecule has 146 valence electrons. The highest BCUT2D eigenvalue weighted by Gasteiger charge is 2.50. The van der Waals surface area contributed by atoms with E-state index in [2.05, 4.69) is 15.6 Å². The molecule has 0 aromatic rings. The zero-order chi connectivity index (χ0) is 18.5. The first kappa shape index (κ1) is 20.2. The normalized spacial score (nSPS) is 24.5. The SMILES string of the molecule is CCNC(=NCC1CCCO1)NC1CCN(S(=O)(=O)C(F)(F)F)CC1. The summed E-state index contributed by atoms with van der Waals surface area (Å²) in [6, 6.07) is -0.123. The summed E-state index contributed by atoms with van der Waals surface area (Å²) >= 11 is 0. The van der Waals surface area contributed by atoms with Crippen LogP contribution in [0.4, 0.5) is 13.2 Å². The van der Waals surface area contributed by atoms with Gasteiger partial charge < -0.3 is 15.4 Å². The number of alkyl halides is 3. The predicted octanol–water partition coefficient (Wildman–Crippen LogP) is 1.03. The molecule has 2 saturated heterocycles. The maximum Gasteiger partial charge on any atom is 0.511 e. The average Bonchev–Trinajstić information content (AvgIpc) is 3.06. The predicted molar refractivity (Wildman–Crippen MR) is 87.7 cm³/mol. The fraction of sp³-hybridized carbons (Fsp3) is 0.929. The van der Waals surface area contributed by atoms with Gasteiger partial charge in [-0.25, -0.2) is 8.42 Å². The number of hydrogen-bond acceptors (Lipinski definition) is 4. The molecular formula is C14H25F3N4O3S. The summed E-state index contributed by atoms with van der Waals surface area (Å²) in [5, 5.41) is 6.26. The maximum absolute atomic E-state index is 12.6. The average molecular weight is 386 g/mol. The maximum atomic E-state index is 12.6. The second kappa shape index (κ2) is 8.54. The van der Waals surface area contributed by atoms with Gasteiger partial charge in [0.1, 0.15) is 0 Å². The quantitative estimate of drug-likeness (QED) is 0.545. The number of guanidine groups is 1. The minimum atomic E-state index is -5.25. The van der Waals surface area contributed by atoms with Crippen LogP contribution in [0.5, 0.6) is 0 Å². The standard InChI is InChI=1S/C14H25F3N4O3S/c1-2-18-13(19-10-12-4-3-9-24-12)20-11-5-7-21(8-6-11)25(22,23)14(15,16)17/h11-12H,2-10H2,1H3,(H2,18,19,20). The third kappa shape index (κ3) is 5.45. The second-order valence-corrected chi connectivity index (χ2v) is 8.05. The van der Waals surface area contributed by atoms with E-state index in [9.17, 15) is 21.6 Å². The number of ether oxygens (including phenoxy) is 1. The van der Waals surface area contributed by atoms with Crippen molar-refractivity contribution in [2.75, 3.05) is 32.8 Å². The fourth-order valence-corrected chi connectivity index (χ4v) is 3.87. The third-order valence-electron chi connectivity index (χ3n) is 4.25. The van der Waals surface area contributed by atoms with E-state index in [0.717, 1.165) is 19.4 Å². The Morgan fingerprint density at radius 2 is 1.96 bits per heavy atom. The molecule has 25 heavy (non-hydrogen) atoms. The van der Waals surface area contributed by atoms with Gasteiger partial charge in [0, 0.05) is 32.3 Å². The number of aliphatic imine (C=N–C) groups is 1. The van der Waals surface area contributed by atoms with Gasteiger partial charge in [0.2, 0.25) is 0 Å². The molecule has 2 N–H and O–H groups in total. The number of nitrogens with zero attached hydrogens (tertiary/aromatic N) is 2. The summed E-state index contributed by atoms with van der Waals surface area (Å²) in [4.78, 5) is 4.45. The number of halogens is 3. The molecule has 1 unspecified atom stereocenters. The number of piperidine rings is 1. The molecule has 2 aliphatic heterocycles. The first-order valence-electron chi connectivity index (χ1n) is 8.47. The Hall–Kier alpha value is -1.07. The minimum absolute atomic E-state index is 0.106. The molecular weight excluding hydrogens is 361 g/mol. The lowest BCUT2D eigenvalue weighted by molar-refractivity contribution is -0.0494. The molecule has 2 heterocycles. The van der Waals surface area contributed by atoms with Crippen molar-refractivity contribution in [3.05, 3.63) is 0 Å². The molecule has 0 aromatic carbocycles. The number of nitrogens with one attached hydrogen (secondary N) is 2. The van der Waals surface area contributed by atoms with Crippen molar-refractivity contribution in [1.82, 2.24) is 14.9 Å². The zero-order valence-corrected chi connectivity index (χ0v) is 15.0. The van der Waals surface area contributed by atoms with Crippen molar-refractivity contribution >= 4 is 16.0 Å². The van der Waals surface area contributed by atoms with Crippen LogP contribution in [0.15, 0.2) is 4.99 Å². The van der Waals surface area contributed by atoms with Crippen molar-refractivity contribution in [2.45, 2.75) is 50.3 Å². The molecule has 0 amide bonds. The van der Waals surface area contributed by atoms with Gasteiger partial charge in [-0.05, 0) is 32.6 Å². The summed E-state index contributed by atoms with van der Waals surface area (Å²) in [7, 11) is -5.24. The van der Waals surface area contributed by atoms with E-state index < -0.39 is 15.5 Å². The molecule has 0 aliphatic carbocycles. The highest BCUT2D eigenvalue weighted by molar-refractivity contribution is 7.90. The molecule has 2 rings (SSSR count). The lowest BCUT2D eigenvalue weighted by Crippen LogP contribution is -2.51. The van der Waals surface area contributed by atoms with Gasteiger partial charge >= 0.3 is 15.5 Å². The Balaban J connectivity index is 1.87. The lowest BCUT2D eigenvalue weighted by atomic mass is 10.1. The molecule has 0 bridgehead atoms. The van der Waals surface area contributed by atoms with Crippen LogP contribution < -0.4 is 10.6 Å². The van der Waals surface area contributed by atoms with E-state index in [4.69, 9.17) is 4.74 Å². The molecule has 2 fully saturated rings. The minimum Gasteiger partial charge on any atom is -0.376 e. The van der Waals surface area contributed by atoms with Gasteiger partial charge in [0.05, 0.1) is 12.6 Å². The van der Waals surface area contributed by atoms with E-state index in [-0.39, 0.29) is 25.2 Å².